The molecule has 2 heteroatoms. The van der Waals surface area contributed by atoms with Crippen LogP contribution in [0.4, 0.5) is 0 Å². The Labute approximate surface area is 114 Å². The number of hydrogen-bond acceptors (Lipinski definition) is 2. The minimum atomic E-state index is 0.148. The number of nitrogens with one attached hydrogen (secondary N) is 1. The Morgan fingerprint density at radius 1 is 1.22 bits per heavy atom. The van der Waals surface area contributed by atoms with Crippen LogP contribution in [0.2, 0.25) is 0 Å². The SMILES string of the molecule is C=C(CNC(C)(C)C)COC(C)CCCCCC. The summed E-state index contributed by atoms with van der Waals surface area (Å²) < 4.78 is 5.81. The van der Waals surface area contributed by atoms with Crippen LogP contribution in [0.25, 0.3) is 0 Å². The molecular formula is C16H33NO. The predicted octanol–water partition coefficient (Wildman–Crippen LogP) is 4.31. The largest absolute Gasteiger partial charge is 0.374 e. The van der Waals surface area contributed by atoms with Gasteiger partial charge in [-0.05, 0) is 39.7 Å². The highest BCUT2D eigenvalue weighted by Crippen LogP contribution is 2.09. The fourth-order valence-electron chi connectivity index (χ4n) is 1.64. The molecule has 0 radical (unpaired) electrons. The summed E-state index contributed by atoms with van der Waals surface area (Å²) in [5.74, 6) is 0. The summed E-state index contributed by atoms with van der Waals surface area (Å²) in [5, 5.41) is 3.43. The van der Waals surface area contributed by atoms with E-state index in [2.05, 4.69) is 46.5 Å². The smallest absolute Gasteiger partial charge is 0.0690 e. The minimum Gasteiger partial charge on any atom is -0.374 e. The number of rotatable bonds is 10. The van der Waals surface area contributed by atoms with Crippen LogP contribution in [-0.4, -0.2) is 24.8 Å². The van der Waals surface area contributed by atoms with E-state index in [9.17, 15) is 0 Å². The molecule has 0 aromatic rings. The van der Waals surface area contributed by atoms with Gasteiger partial charge in [-0.15, -0.1) is 0 Å². The van der Waals surface area contributed by atoms with Crippen LogP contribution in [0.3, 0.4) is 0 Å². The van der Waals surface area contributed by atoms with Crippen molar-refractivity contribution in [1.29, 1.82) is 0 Å². The zero-order chi connectivity index (χ0) is 14.0. The summed E-state index contributed by atoms with van der Waals surface area (Å²) >= 11 is 0. The maximum absolute atomic E-state index is 5.81. The van der Waals surface area contributed by atoms with Crippen molar-refractivity contribution in [2.75, 3.05) is 13.2 Å². The monoisotopic (exact) mass is 255 g/mol. The molecule has 0 amide bonds. The van der Waals surface area contributed by atoms with E-state index in [0.717, 1.165) is 12.1 Å². The molecule has 0 aliphatic rings. The highest BCUT2D eigenvalue weighted by atomic mass is 16.5. The van der Waals surface area contributed by atoms with Crippen molar-refractivity contribution in [3.63, 3.8) is 0 Å². The van der Waals surface area contributed by atoms with Crippen molar-refractivity contribution < 1.29 is 4.74 Å². The molecule has 0 saturated heterocycles. The average Bonchev–Trinajstić information content (AvgIpc) is 2.28. The zero-order valence-electron chi connectivity index (χ0n) is 13.1. The molecular weight excluding hydrogens is 222 g/mol. The Morgan fingerprint density at radius 2 is 1.89 bits per heavy atom. The van der Waals surface area contributed by atoms with E-state index in [-0.39, 0.29) is 5.54 Å². The van der Waals surface area contributed by atoms with Crippen LogP contribution in [-0.2, 0) is 4.74 Å². The molecule has 0 aromatic heterocycles. The Hall–Kier alpha value is -0.340. The lowest BCUT2D eigenvalue weighted by Gasteiger charge is -2.22. The number of unbranched alkanes of at least 4 members (excludes halogenated alkanes) is 3. The van der Waals surface area contributed by atoms with Crippen molar-refractivity contribution in [3.05, 3.63) is 12.2 Å². The van der Waals surface area contributed by atoms with E-state index < -0.39 is 0 Å². The van der Waals surface area contributed by atoms with Gasteiger partial charge in [0.15, 0.2) is 0 Å². The highest BCUT2D eigenvalue weighted by Gasteiger charge is 2.09. The lowest BCUT2D eigenvalue weighted by molar-refractivity contribution is 0.0741. The molecule has 0 spiro atoms. The summed E-state index contributed by atoms with van der Waals surface area (Å²) in [6.07, 6.45) is 6.77. The van der Waals surface area contributed by atoms with Gasteiger partial charge in [0.25, 0.3) is 0 Å². The molecule has 1 unspecified atom stereocenters. The van der Waals surface area contributed by atoms with E-state index >= 15 is 0 Å². The summed E-state index contributed by atoms with van der Waals surface area (Å²) in [7, 11) is 0. The van der Waals surface area contributed by atoms with Crippen LogP contribution >= 0.6 is 0 Å². The third-order valence-corrected chi connectivity index (χ3v) is 2.90. The minimum absolute atomic E-state index is 0.148. The second-order valence-corrected chi connectivity index (χ2v) is 6.32. The fraction of sp³-hybridized carbons (Fsp3) is 0.875. The second kappa shape index (κ2) is 9.57. The summed E-state index contributed by atoms with van der Waals surface area (Å²) in [6.45, 7) is 16.5. The summed E-state index contributed by atoms with van der Waals surface area (Å²) in [4.78, 5) is 0. The van der Waals surface area contributed by atoms with Gasteiger partial charge in [-0.3, -0.25) is 0 Å². The van der Waals surface area contributed by atoms with Crippen molar-refractivity contribution in [2.24, 2.45) is 0 Å². The van der Waals surface area contributed by atoms with E-state index in [1.54, 1.807) is 0 Å². The molecule has 0 saturated carbocycles. The molecule has 108 valence electrons. The van der Waals surface area contributed by atoms with Gasteiger partial charge in [-0.1, -0.05) is 39.2 Å². The van der Waals surface area contributed by atoms with Crippen molar-refractivity contribution in [2.45, 2.75) is 78.4 Å². The Morgan fingerprint density at radius 3 is 2.44 bits per heavy atom. The lowest BCUT2D eigenvalue weighted by Crippen LogP contribution is -2.37. The number of ether oxygens (including phenoxy) is 1. The molecule has 0 aromatic carbocycles. The number of hydrogen-bond donors (Lipinski definition) is 1. The van der Waals surface area contributed by atoms with Gasteiger partial charge in [0.2, 0.25) is 0 Å². The van der Waals surface area contributed by atoms with Gasteiger partial charge in [0.1, 0.15) is 0 Å². The highest BCUT2D eigenvalue weighted by molar-refractivity contribution is 4.98. The molecule has 0 rings (SSSR count). The van der Waals surface area contributed by atoms with E-state index in [1.165, 1.54) is 32.1 Å². The van der Waals surface area contributed by atoms with Gasteiger partial charge in [-0.2, -0.15) is 0 Å². The van der Waals surface area contributed by atoms with Gasteiger partial charge >= 0.3 is 0 Å². The van der Waals surface area contributed by atoms with Crippen molar-refractivity contribution in [1.82, 2.24) is 5.32 Å². The predicted molar refractivity (Wildman–Crippen MR) is 81.1 cm³/mol. The molecule has 0 bridgehead atoms. The maximum Gasteiger partial charge on any atom is 0.0690 e. The Kier molecular flexibility index (Phi) is 9.39. The first-order valence-electron chi connectivity index (χ1n) is 7.38. The topological polar surface area (TPSA) is 21.3 Å². The van der Waals surface area contributed by atoms with Gasteiger partial charge in [0, 0.05) is 12.1 Å². The van der Waals surface area contributed by atoms with E-state index in [0.29, 0.717) is 12.7 Å². The van der Waals surface area contributed by atoms with Gasteiger partial charge in [-0.25, -0.2) is 0 Å². The maximum atomic E-state index is 5.81. The van der Waals surface area contributed by atoms with Crippen molar-refractivity contribution >= 4 is 0 Å². The third kappa shape index (κ3) is 12.1. The molecule has 0 aliphatic heterocycles. The Balaban J connectivity index is 3.53. The van der Waals surface area contributed by atoms with Gasteiger partial charge < -0.3 is 10.1 Å². The normalized spacial score (nSPS) is 13.6. The van der Waals surface area contributed by atoms with Gasteiger partial charge in [0.05, 0.1) is 12.7 Å². The molecule has 0 aliphatic carbocycles. The molecule has 0 heterocycles. The van der Waals surface area contributed by atoms with Crippen molar-refractivity contribution in [3.8, 4) is 0 Å². The fourth-order valence-corrected chi connectivity index (χ4v) is 1.64. The van der Waals surface area contributed by atoms with Crippen LogP contribution in [0, 0.1) is 0 Å². The molecule has 1 atom stereocenters. The Bertz CT molecular complexity index is 218. The van der Waals surface area contributed by atoms with E-state index in [1.807, 2.05) is 0 Å². The van der Waals surface area contributed by atoms with Crippen LogP contribution in [0.15, 0.2) is 12.2 Å². The summed E-state index contributed by atoms with van der Waals surface area (Å²) in [6, 6.07) is 0. The lowest BCUT2D eigenvalue weighted by atomic mass is 10.1. The summed E-state index contributed by atoms with van der Waals surface area (Å²) in [5.41, 5.74) is 1.28. The van der Waals surface area contributed by atoms with E-state index in [4.69, 9.17) is 4.74 Å². The second-order valence-electron chi connectivity index (χ2n) is 6.32. The first-order valence-corrected chi connectivity index (χ1v) is 7.38. The third-order valence-electron chi connectivity index (χ3n) is 2.90. The molecule has 0 fully saturated rings. The molecule has 18 heavy (non-hydrogen) atoms. The average molecular weight is 255 g/mol. The molecule has 1 N–H and O–H groups in total. The standard InChI is InChI=1S/C16H33NO/c1-7-8-9-10-11-15(3)18-13-14(2)12-17-16(4,5)6/h15,17H,2,7-13H2,1,3-6H3. The zero-order valence-corrected chi connectivity index (χ0v) is 13.1. The molecule has 2 nitrogen and oxygen atoms in total. The van der Waals surface area contributed by atoms with Crippen LogP contribution in [0.1, 0.15) is 66.7 Å². The van der Waals surface area contributed by atoms with Crippen LogP contribution in [0.5, 0.6) is 0 Å². The first kappa shape index (κ1) is 17.7. The first-order chi connectivity index (χ1) is 8.35. The van der Waals surface area contributed by atoms with Crippen LogP contribution < -0.4 is 5.32 Å². The quantitative estimate of drug-likeness (QED) is 0.464.